The molecule has 12 aliphatic rings. The Bertz CT molecular complexity index is 1580. The van der Waals surface area contributed by atoms with Gasteiger partial charge in [0.15, 0.2) is 0 Å². The highest BCUT2D eigenvalue weighted by Crippen LogP contribution is 2.65. The highest BCUT2D eigenvalue weighted by molar-refractivity contribution is 5.85. The number of hydrogen-bond acceptors (Lipinski definition) is 14. The van der Waals surface area contributed by atoms with Gasteiger partial charge in [0, 0.05) is 62.2 Å². The summed E-state index contributed by atoms with van der Waals surface area (Å²) >= 11 is 0. The summed E-state index contributed by atoms with van der Waals surface area (Å²) in [6, 6.07) is 0. The van der Waals surface area contributed by atoms with Crippen LogP contribution in [-0.4, -0.2) is 72.7 Å². The van der Waals surface area contributed by atoms with Crippen LogP contribution in [0.3, 0.4) is 0 Å². The van der Waals surface area contributed by atoms with Gasteiger partial charge < -0.3 is 41.5 Å². The van der Waals surface area contributed by atoms with Crippen molar-refractivity contribution < 1.29 is 62.5 Å². The molecule has 0 radical (unpaired) electrons. The van der Waals surface area contributed by atoms with Crippen LogP contribution in [0, 0.1) is 59.2 Å². The number of hydrogen-bond donors (Lipinski definition) is 4. The molecule has 4 spiro atoms. The average Bonchev–Trinajstić information content (AvgIpc) is 3.74. The number of carbonyl (C=O) groups excluding carboxylic acids is 5. The van der Waals surface area contributed by atoms with E-state index in [1.54, 1.807) is 6.92 Å². The van der Waals surface area contributed by atoms with Gasteiger partial charge in [0.1, 0.15) is 0 Å². The highest BCUT2D eigenvalue weighted by atomic mass is 35.5. The lowest BCUT2D eigenvalue weighted by atomic mass is 9.53. The van der Waals surface area contributed by atoms with Gasteiger partial charge in [0.2, 0.25) is 40.9 Å². The van der Waals surface area contributed by atoms with Crippen molar-refractivity contribution >= 4 is 42.3 Å². The topological polar surface area (TPSA) is 249 Å². The standard InChI is InChI=1S/C21H30O7.C20H30N2O5.C2H6N2O.CH4.ClH/c1-2-24-19(23)25-18(22)11-13-4-3-5-20(12-13)26-21(28-27-20)16-7-14-6-15(9-16)10-17(21)8-14;21-17(23)11-22-18(24)9-12-2-1-3-19(10-12)25-20(27-26-19)15-5-13-4-14(7-15)8-16(20)6-13;3-1-2(4)5;;/h13-17H,2-12H2,1H3;12-16H,1-11H2,(H2,21,23)(H,22,24);1,3H2,(H2,4,5);1H4;1H/t13-,14?,15?,16?,17?,20+,21?;12-,13?,14?,15?,16?,19+,20?;;;/m00.../s1. The van der Waals surface area contributed by atoms with Gasteiger partial charge in [-0.3, -0.25) is 19.2 Å². The summed E-state index contributed by atoms with van der Waals surface area (Å²) in [5.74, 6) is 1.03. The van der Waals surface area contributed by atoms with E-state index in [4.69, 9.17) is 45.2 Å². The fourth-order valence-electron chi connectivity index (χ4n) is 13.6. The minimum atomic E-state index is -0.928. The van der Waals surface area contributed by atoms with E-state index in [-0.39, 0.29) is 63.7 Å². The molecule has 10 aliphatic carbocycles. The Hall–Kier alpha value is -2.64. The number of rotatable bonds is 8. The molecule has 4 atom stereocenters. The maximum absolute atomic E-state index is 12.1. The number of ether oxygens (including phenoxy) is 4. The molecule has 62 heavy (non-hydrogen) atoms. The van der Waals surface area contributed by atoms with E-state index >= 15 is 0 Å². The van der Waals surface area contributed by atoms with E-state index in [1.165, 1.54) is 64.2 Å². The van der Waals surface area contributed by atoms with Crippen molar-refractivity contribution in [3.05, 3.63) is 0 Å². The minimum absolute atomic E-state index is 0. The van der Waals surface area contributed by atoms with Gasteiger partial charge in [-0.1, -0.05) is 7.43 Å². The van der Waals surface area contributed by atoms with Crippen LogP contribution >= 0.6 is 12.4 Å². The monoisotopic (exact) mass is 898 g/mol. The summed E-state index contributed by atoms with van der Waals surface area (Å²) < 4.78 is 22.8. The van der Waals surface area contributed by atoms with Crippen LogP contribution in [-0.2, 0) is 57.7 Å². The summed E-state index contributed by atoms with van der Waals surface area (Å²) in [6.45, 7) is 1.69. The molecule has 2 aliphatic heterocycles. The maximum atomic E-state index is 12.1. The zero-order chi connectivity index (χ0) is 42.3. The highest BCUT2D eigenvalue weighted by Gasteiger charge is 2.68. The van der Waals surface area contributed by atoms with Crippen molar-refractivity contribution in [3.63, 3.8) is 0 Å². The Kier molecular flexibility index (Phi) is 15.6. The third-order valence-corrected chi connectivity index (χ3v) is 15.5. The van der Waals surface area contributed by atoms with Gasteiger partial charge in [0.25, 0.3) is 0 Å². The lowest BCUT2D eigenvalue weighted by Gasteiger charge is -2.57. The van der Waals surface area contributed by atoms with Crippen molar-refractivity contribution in [2.75, 3.05) is 19.7 Å². The molecule has 2 saturated heterocycles. The minimum Gasteiger partial charge on any atom is -0.434 e. The van der Waals surface area contributed by atoms with Crippen LogP contribution in [0.15, 0.2) is 0 Å². The summed E-state index contributed by atoms with van der Waals surface area (Å²) in [6.07, 6.45) is 18.5. The smallest absolute Gasteiger partial charge is 0.434 e. The van der Waals surface area contributed by atoms with Gasteiger partial charge in [-0.05, 0) is 132 Å². The molecule has 18 heteroatoms. The molecule has 17 nitrogen and oxygen atoms in total. The number of carbonyl (C=O) groups is 5. The van der Waals surface area contributed by atoms with Gasteiger partial charge >= 0.3 is 12.1 Å². The molecular weight excluding hydrogens is 828 g/mol. The molecule has 3 amide bonds. The first-order valence-corrected chi connectivity index (χ1v) is 22.8. The Morgan fingerprint density at radius 1 is 0.645 bits per heavy atom. The number of esters is 1. The van der Waals surface area contributed by atoms with Gasteiger partial charge in [-0.2, -0.15) is 19.6 Å². The number of primary amides is 2. The summed E-state index contributed by atoms with van der Waals surface area (Å²) in [7, 11) is 0. The summed E-state index contributed by atoms with van der Waals surface area (Å²) in [4.78, 5) is 79.8. The Labute approximate surface area is 371 Å². The van der Waals surface area contributed by atoms with Crippen molar-refractivity contribution in [1.29, 1.82) is 0 Å². The second-order valence-corrected chi connectivity index (χ2v) is 19.8. The zero-order valence-electron chi connectivity index (χ0n) is 35.5. The largest absolute Gasteiger partial charge is 0.516 e. The first-order valence-electron chi connectivity index (χ1n) is 22.8. The number of nitrogens with one attached hydrogen (secondary N) is 1. The first kappa shape index (κ1) is 48.8. The molecule has 12 rings (SSSR count). The molecular formula is C44H71ClN4O13. The lowest BCUT2D eigenvalue weighted by molar-refractivity contribution is -0.390. The van der Waals surface area contributed by atoms with Crippen molar-refractivity contribution in [2.45, 2.75) is 166 Å². The van der Waals surface area contributed by atoms with E-state index in [1.807, 2.05) is 0 Å². The SMILES string of the molecule is C.CCOC(=O)OC(=O)C[C@@H]1CCC[C@]2(C1)OOC1(O2)C2CC3CC(C2)CC1C3.Cl.NC(=O)CNC(=O)C[C@@H]1CCC[C@]2(C1)OOC1(O2)C2CC3CC(C2)CC1C3.NCC(N)=O. The maximum Gasteiger partial charge on any atom is 0.516 e. The van der Waals surface area contributed by atoms with E-state index in [9.17, 15) is 24.0 Å². The van der Waals surface area contributed by atoms with Crippen LogP contribution < -0.4 is 22.5 Å². The number of halogens is 1. The second-order valence-electron chi connectivity index (χ2n) is 19.8. The van der Waals surface area contributed by atoms with Crippen molar-refractivity contribution in [2.24, 2.45) is 76.4 Å². The van der Waals surface area contributed by atoms with Crippen LogP contribution in [0.4, 0.5) is 4.79 Å². The molecule has 7 N–H and O–H groups in total. The third kappa shape index (κ3) is 10.2. The summed E-state index contributed by atoms with van der Waals surface area (Å²) in [5, 5.41) is 2.58. The van der Waals surface area contributed by atoms with Gasteiger partial charge in [-0.15, -0.1) is 12.4 Å². The summed E-state index contributed by atoms with van der Waals surface area (Å²) in [5.41, 5.74) is 14.3. The van der Waals surface area contributed by atoms with Crippen LogP contribution in [0.5, 0.6) is 0 Å². The Morgan fingerprint density at radius 2 is 1.06 bits per heavy atom. The second kappa shape index (κ2) is 19.8. The van der Waals surface area contributed by atoms with E-state index < -0.39 is 47.1 Å². The molecule has 2 heterocycles. The Morgan fingerprint density at radius 3 is 1.45 bits per heavy atom. The van der Waals surface area contributed by atoms with Crippen LogP contribution in [0.2, 0.25) is 0 Å². The number of nitrogens with two attached hydrogens (primary N) is 3. The Balaban J connectivity index is 0.000000182. The third-order valence-electron chi connectivity index (χ3n) is 15.5. The molecule has 12 fully saturated rings. The molecule has 0 unspecified atom stereocenters. The normalized spacial score (nSPS) is 42.2. The molecule has 352 valence electrons. The zero-order valence-corrected chi connectivity index (χ0v) is 36.3. The fourth-order valence-corrected chi connectivity index (χ4v) is 13.6. The predicted octanol–water partition coefficient (Wildman–Crippen LogP) is 5.58. The van der Waals surface area contributed by atoms with Gasteiger partial charge in [-0.25, -0.2) is 4.79 Å². The fraction of sp³-hybridized carbons (Fsp3) is 0.886. The average molecular weight is 900 g/mol. The van der Waals surface area contributed by atoms with E-state index in [0.29, 0.717) is 42.9 Å². The predicted molar refractivity (Wildman–Crippen MR) is 222 cm³/mol. The van der Waals surface area contributed by atoms with E-state index in [2.05, 4.69) is 15.8 Å². The number of amides is 3. The molecule has 0 aromatic carbocycles. The van der Waals surface area contributed by atoms with Crippen LogP contribution in [0.1, 0.15) is 143 Å². The molecule has 0 aromatic heterocycles. The quantitative estimate of drug-likeness (QED) is 0.132. The first-order chi connectivity index (χ1) is 28.7. The lowest BCUT2D eigenvalue weighted by Crippen LogP contribution is -2.59. The molecule has 0 aromatic rings. The molecule has 10 saturated carbocycles. The van der Waals surface area contributed by atoms with Crippen LogP contribution in [0.25, 0.3) is 0 Å². The van der Waals surface area contributed by atoms with Crippen molar-refractivity contribution in [3.8, 4) is 0 Å². The van der Waals surface area contributed by atoms with Gasteiger partial charge in [0.05, 0.1) is 19.7 Å². The van der Waals surface area contributed by atoms with E-state index in [0.717, 1.165) is 62.2 Å². The van der Waals surface area contributed by atoms with Crippen molar-refractivity contribution in [1.82, 2.24) is 5.32 Å². The molecule has 8 bridgehead atoms.